The largest absolute Gasteiger partial charge is 0.484 e. The van der Waals surface area contributed by atoms with E-state index in [0.29, 0.717) is 30.2 Å². The zero-order valence-corrected chi connectivity index (χ0v) is 18.1. The van der Waals surface area contributed by atoms with Gasteiger partial charge in [0.25, 0.3) is 15.9 Å². The fraction of sp³-hybridized carbons (Fsp3) is 0.167. The molecule has 0 radical (unpaired) electrons. The van der Waals surface area contributed by atoms with Crippen LogP contribution in [-0.4, -0.2) is 33.3 Å². The van der Waals surface area contributed by atoms with E-state index in [1.165, 1.54) is 12.1 Å². The number of benzene rings is 3. The number of amidine groups is 1. The standard InChI is InChI=1S/C24H23N3O4S/c28-24(17-31-21-13-11-19(12-14-21)18-6-2-1-3-7-18)26-20-8-4-9-22(16-20)32(29,30)27-23-10-5-15-25-23/h1-4,6-9,11-14,16H,5,10,15,17H2,(H,25,27)(H,26,28). The minimum Gasteiger partial charge on any atom is -0.484 e. The van der Waals surface area contributed by atoms with Crippen LogP contribution in [0.25, 0.3) is 11.1 Å². The van der Waals surface area contributed by atoms with Crippen LogP contribution in [0.3, 0.4) is 0 Å². The summed E-state index contributed by atoms with van der Waals surface area (Å²) in [7, 11) is -3.75. The molecule has 2 N–H and O–H groups in total. The summed E-state index contributed by atoms with van der Waals surface area (Å²) in [6, 6.07) is 23.5. The van der Waals surface area contributed by atoms with E-state index in [2.05, 4.69) is 15.0 Å². The average molecular weight is 450 g/mol. The molecule has 164 valence electrons. The molecule has 8 heteroatoms. The lowest BCUT2D eigenvalue weighted by molar-refractivity contribution is -0.118. The molecule has 0 aromatic heterocycles. The highest BCUT2D eigenvalue weighted by molar-refractivity contribution is 7.90. The molecule has 0 fully saturated rings. The van der Waals surface area contributed by atoms with Gasteiger partial charge in [0.2, 0.25) is 0 Å². The maximum atomic E-state index is 12.5. The number of hydrogen-bond donors (Lipinski definition) is 2. The van der Waals surface area contributed by atoms with E-state index in [-0.39, 0.29) is 17.4 Å². The van der Waals surface area contributed by atoms with Gasteiger partial charge in [-0.25, -0.2) is 8.42 Å². The molecule has 0 atom stereocenters. The predicted octanol–water partition coefficient (Wildman–Crippen LogP) is 3.84. The van der Waals surface area contributed by atoms with Crippen molar-refractivity contribution >= 4 is 27.5 Å². The number of sulfonamides is 1. The molecule has 0 unspecified atom stereocenters. The van der Waals surface area contributed by atoms with Gasteiger partial charge < -0.3 is 10.1 Å². The highest BCUT2D eigenvalue weighted by Gasteiger charge is 2.18. The lowest BCUT2D eigenvalue weighted by Crippen LogP contribution is -2.29. The second-order valence-electron chi connectivity index (χ2n) is 7.29. The van der Waals surface area contributed by atoms with Crippen molar-refractivity contribution < 1.29 is 17.9 Å². The third-order valence-electron chi connectivity index (χ3n) is 4.89. The van der Waals surface area contributed by atoms with Crippen molar-refractivity contribution in [1.82, 2.24) is 4.72 Å². The van der Waals surface area contributed by atoms with E-state index in [9.17, 15) is 13.2 Å². The maximum Gasteiger partial charge on any atom is 0.262 e. The molecule has 0 bridgehead atoms. The Bertz CT molecular complexity index is 1220. The Morgan fingerprint density at radius 3 is 2.41 bits per heavy atom. The van der Waals surface area contributed by atoms with Gasteiger partial charge in [0.15, 0.2) is 6.61 Å². The lowest BCUT2D eigenvalue weighted by Gasteiger charge is -2.11. The number of anilines is 1. The number of nitrogens with one attached hydrogen (secondary N) is 2. The highest BCUT2D eigenvalue weighted by atomic mass is 32.2. The molecule has 0 aliphatic carbocycles. The Kier molecular flexibility index (Phi) is 6.51. The van der Waals surface area contributed by atoms with E-state index in [1.54, 1.807) is 24.3 Å². The van der Waals surface area contributed by atoms with Gasteiger partial charge in [-0.2, -0.15) is 0 Å². The van der Waals surface area contributed by atoms with Crippen molar-refractivity contribution in [3.63, 3.8) is 0 Å². The summed E-state index contributed by atoms with van der Waals surface area (Å²) in [4.78, 5) is 16.5. The molecule has 1 amide bonds. The molecule has 7 nitrogen and oxygen atoms in total. The number of nitrogens with zero attached hydrogens (tertiary/aromatic N) is 1. The highest BCUT2D eigenvalue weighted by Crippen LogP contribution is 2.22. The first kappa shape index (κ1) is 21.6. The van der Waals surface area contributed by atoms with Crippen LogP contribution < -0.4 is 14.8 Å². The van der Waals surface area contributed by atoms with Crippen LogP contribution >= 0.6 is 0 Å². The van der Waals surface area contributed by atoms with Crippen LogP contribution in [-0.2, 0) is 14.8 Å². The summed E-state index contributed by atoms with van der Waals surface area (Å²) >= 11 is 0. The molecular formula is C24H23N3O4S. The third-order valence-corrected chi connectivity index (χ3v) is 6.26. The van der Waals surface area contributed by atoms with Gasteiger partial charge in [-0.1, -0.05) is 48.5 Å². The van der Waals surface area contributed by atoms with Crippen molar-refractivity contribution in [2.24, 2.45) is 4.99 Å². The van der Waals surface area contributed by atoms with Gasteiger partial charge in [0.05, 0.1) is 4.90 Å². The summed E-state index contributed by atoms with van der Waals surface area (Å²) in [6.45, 7) is 0.430. The van der Waals surface area contributed by atoms with E-state index in [0.717, 1.165) is 17.5 Å². The predicted molar refractivity (Wildman–Crippen MR) is 124 cm³/mol. The summed E-state index contributed by atoms with van der Waals surface area (Å²) in [6.07, 6.45) is 1.45. The van der Waals surface area contributed by atoms with Crippen LogP contribution in [0.1, 0.15) is 12.8 Å². The molecular weight excluding hydrogens is 426 g/mol. The zero-order chi connectivity index (χ0) is 22.4. The Morgan fingerprint density at radius 2 is 1.69 bits per heavy atom. The van der Waals surface area contributed by atoms with E-state index in [4.69, 9.17) is 4.74 Å². The number of carbonyl (C=O) groups excluding carboxylic acids is 1. The fourth-order valence-corrected chi connectivity index (χ4v) is 4.43. The Balaban J connectivity index is 1.34. The van der Waals surface area contributed by atoms with E-state index < -0.39 is 10.0 Å². The van der Waals surface area contributed by atoms with Crippen LogP contribution in [0.5, 0.6) is 5.75 Å². The summed E-state index contributed by atoms with van der Waals surface area (Å²) < 4.78 is 33.1. The van der Waals surface area contributed by atoms with Crippen LogP contribution in [0.15, 0.2) is 88.8 Å². The second kappa shape index (κ2) is 9.65. The van der Waals surface area contributed by atoms with E-state index in [1.807, 2.05) is 42.5 Å². The van der Waals surface area contributed by atoms with Gasteiger partial charge in [-0.05, 0) is 47.9 Å². The minimum absolute atomic E-state index is 0.0577. The zero-order valence-electron chi connectivity index (χ0n) is 17.3. The Hall–Kier alpha value is -3.65. The first-order valence-corrected chi connectivity index (χ1v) is 11.7. The van der Waals surface area contributed by atoms with Gasteiger partial charge in [0, 0.05) is 18.7 Å². The Labute approximate surface area is 187 Å². The van der Waals surface area contributed by atoms with Crippen molar-refractivity contribution in [2.45, 2.75) is 17.7 Å². The molecule has 3 aromatic rings. The summed E-state index contributed by atoms with van der Waals surface area (Å²) in [5.41, 5.74) is 2.52. The van der Waals surface area contributed by atoms with Crippen molar-refractivity contribution in [3.8, 4) is 16.9 Å². The first-order chi connectivity index (χ1) is 15.5. The van der Waals surface area contributed by atoms with Crippen LogP contribution in [0.2, 0.25) is 0 Å². The van der Waals surface area contributed by atoms with Crippen LogP contribution in [0, 0.1) is 0 Å². The van der Waals surface area contributed by atoms with E-state index >= 15 is 0 Å². The molecule has 0 saturated heterocycles. The van der Waals surface area contributed by atoms with Gasteiger partial charge in [-0.3, -0.25) is 14.5 Å². The Morgan fingerprint density at radius 1 is 0.938 bits per heavy atom. The summed E-state index contributed by atoms with van der Waals surface area (Å²) in [5, 5.41) is 2.67. The molecule has 32 heavy (non-hydrogen) atoms. The molecule has 1 heterocycles. The first-order valence-electron chi connectivity index (χ1n) is 10.2. The number of rotatable bonds is 7. The van der Waals surface area contributed by atoms with Gasteiger partial charge in [0.1, 0.15) is 11.6 Å². The number of aliphatic imine (C=N–C) groups is 1. The number of amides is 1. The van der Waals surface area contributed by atoms with Gasteiger partial charge >= 0.3 is 0 Å². The van der Waals surface area contributed by atoms with Crippen molar-refractivity contribution in [1.29, 1.82) is 0 Å². The normalized spacial score (nSPS) is 13.3. The third kappa shape index (κ3) is 5.53. The quantitative estimate of drug-likeness (QED) is 0.573. The van der Waals surface area contributed by atoms with Crippen molar-refractivity contribution in [2.75, 3.05) is 18.5 Å². The number of hydrogen-bond acceptors (Lipinski definition) is 5. The molecule has 1 aliphatic heterocycles. The molecule has 0 saturated carbocycles. The monoisotopic (exact) mass is 449 g/mol. The smallest absolute Gasteiger partial charge is 0.262 e. The average Bonchev–Trinajstić information content (AvgIpc) is 3.31. The van der Waals surface area contributed by atoms with Crippen molar-refractivity contribution in [3.05, 3.63) is 78.9 Å². The number of ether oxygens (including phenoxy) is 1. The number of carbonyl (C=O) groups is 1. The molecule has 3 aromatic carbocycles. The SMILES string of the molecule is O=C(COc1ccc(-c2ccccc2)cc1)Nc1cccc(S(=O)(=O)NC2=NCCC2)c1. The molecule has 1 aliphatic rings. The maximum absolute atomic E-state index is 12.5. The lowest BCUT2D eigenvalue weighted by atomic mass is 10.1. The topological polar surface area (TPSA) is 96.9 Å². The fourth-order valence-electron chi connectivity index (χ4n) is 3.30. The molecule has 4 rings (SSSR count). The summed E-state index contributed by atoms with van der Waals surface area (Å²) in [5.74, 6) is 0.642. The van der Waals surface area contributed by atoms with Crippen LogP contribution in [0.4, 0.5) is 5.69 Å². The second-order valence-corrected chi connectivity index (χ2v) is 8.97. The van der Waals surface area contributed by atoms with Gasteiger partial charge in [-0.15, -0.1) is 0 Å². The molecule has 0 spiro atoms. The minimum atomic E-state index is -3.75.